The van der Waals surface area contributed by atoms with Crippen LogP contribution >= 0.6 is 11.5 Å². The lowest BCUT2D eigenvalue weighted by Gasteiger charge is -2.10. The Labute approximate surface area is 70.8 Å². The fourth-order valence-corrected chi connectivity index (χ4v) is 1.54. The van der Waals surface area contributed by atoms with Crippen LogP contribution in [0.3, 0.4) is 0 Å². The van der Waals surface area contributed by atoms with E-state index >= 15 is 0 Å². The molecule has 62 valence electrons. The average Bonchev–Trinajstić information content (AvgIpc) is 2.34. The zero-order chi connectivity index (χ0) is 8.43. The van der Waals surface area contributed by atoms with Crippen molar-refractivity contribution >= 4 is 11.5 Å². The first-order valence-corrected chi connectivity index (χ1v) is 4.44. The summed E-state index contributed by atoms with van der Waals surface area (Å²) in [6, 6.07) is 0.155. The Morgan fingerprint density at radius 2 is 2.09 bits per heavy atom. The van der Waals surface area contributed by atoms with Crippen LogP contribution in [-0.2, 0) is 0 Å². The van der Waals surface area contributed by atoms with Gasteiger partial charge >= 0.3 is 0 Å². The van der Waals surface area contributed by atoms with Crippen molar-refractivity contribution in [3.05, 3.63) is 10.8 Å². The molecule has 1 rings (SSSR count). The highest BCUT2D eigenvalue weighted by Gasteiger charge is 2.13. The molecule has 0 saturated carbocycles. The van der Waals surface area contributed by atoms with Gasteiger partial charge in [0.25, 0.3) is 0 Å². The van der Waals surface area contributed by atoms with Crippen LogP contribution in [0, 0.1) is 6.92 Å². The second-order valence-corrected chi connectivity index (χ2v) is 3.61. The third-order valence-electron chi connectivity index (χ3n) is 1.72. The quantitative estimate of drug-likeness (QED) is 0.729. The van der Waals surface area contributed by atoms with Crippen molar-refractivity contribution in [3.8, 4) is 0 Å². The molecule has 1 aromatic rings. The molecular weight excluding hydrogens is 158 g/mol. The highest BCUT2D eigenvalue weighted by molar-refractivity contribution is 7.05. The van der Waals surface area contributed by atoms with Crippen LogP contribution in [0.5, 0.6) is 0 Å². The third-order valence-corrected chi connectivity index (χ3v) is 2.73. The Kier molecular flexibility index (Phi) is 2.57. The topological polar surface area (TPSA) is 51.8 Å². The lowest BCUT2D eigenvalue weighted by atomic mass is 10.1. The predicted octanol–water partition coefficient (Wildman–Crippen LogP) is 1.30. The van der Waals surface area contributed by atoms with E-state index in [1.165, 1.54) is 11.5 Å². The highest BCUT2D eigenvalue weighted by Crippen LogP contribution is 2.19. The Balaban J connectivity index is 2.76. The summed E-state index contributed by atoms with van der Waals surface area (Å²) in [5.41, 5.74) is 5.72. The maximum atomic E-state index is 5.72. The van der Waals surface area contributed by atoms with Crippen LogP contribution < -0.4 is 5.73 Å². The van der Waals surface area contributed by atoms with E-state index in [9.17, 15) is 0 Å². The van der Waals surface area contributed by atoms with Gasteiger partial charge < -0.3 is 5.73 Å². The molecule has 1 aromatic heterocycles. The summed E-state index contributed by atoms with van der Waals surface area (Å²) < 4.78 is 4.10. The van der Waals surface area contributed by atoms with Gasteiger partial charge in [-0.1, -0.05) is 6.92 Å². The van der Waals surface area contributed by atoms with E-state index in [0.29, 0.717) is 5.92 Å². The van der Waals surface area contributed by atoms with Crippen molar-refractivity contribution in [2.75, 3.05) is 0 Å². The van der Waals surface area contributed by atoms with Gasteiger partial charge in [0, 0.05) is 12.0 Å². The average molecular weight is 171 g/mol. The van der Waals surface area contributed by atoms with Crippen molar-refractivity contribution < 1.29 is 0 Å². The van der Waals surface area contributed by atoms with Crippen molar-refractivity contribution in [1.82, 2.24) is 9.36 Å². The van der Waals surface area contributed by atoms with E-state index in [0.717, 1.165) is 10.8 Å². The lowest BCUT2D eigenvalue weighted by Crippen LogP contribution is -2.22. The number of rotatable bonds is 2. The van der Waals surface area contributed by atoms with Gasteiger partial charge in [-0.2, -0.15) is 4.37 Å². The van der Waals surface area contributed by atoms with E-state index < -0.39 is 0 Å². The summed E-state index contributed by atoms with van der Waals surface area (Å²) in [7, 11) is 0. The fourth-order valence-electron chi connectivity index (χ4n) is 0.723. The highest BCUT2D eigenvalue weighted by atomic mass is 32.1. The van der Waals surface area contributed by atoms with Crippen molar-refractivity contribution in [2.24, 2.45) is 5.73 Å². The second-order valence-electron chi connectivity index (χ2n) is 2.83. The molecule has 0 aliphatic rings. The van der Waals surface area contributed by atoms with E-state index in [1.54, 1.807) is 0 Å². The van der Waals surface area contributed by atoms with Crippen LogP contribution in [0.25, 0.3) is 0 Å². The second kappa shape index (κ2) is 3.28. The predicted molar refractivity (Wildman–Crippen MR) is 46.7 cm³/mol. The zero-order valence-corrected chi connectivity index (χ0v) is 7.85. The number of aryl methyl sites for hydroxylation is 1. The molecule has 2 unspecified atom stereocenters. The monoisotopic (exact) mass is 171 g/mol. The van der Waals surface area contributed by atoms with Crippen LogP contribution in [0.4, 0.5) is 0 Å². The molecule has 0 bridgehead atoms. The van der Waals surface area contributed by atoms with Gasteiger partial charge in [0.15, 0.2) is 0 Å². The van der Waals surface area contributed by atoms with Crippen molar-refractivity contribution in [1.29, 1.82) is 0 Å². The first-order valence-electron chi connectivity index (χ1n) is 3.67. The summed E-state index contributed by atoms with van der Waals surface area (Å²) in [5.74, 6) is 1.17. The van der Waals surface area contributed by atoms with Gasteiger partial charge in [0.05, 0.1) is 0 Å². The van der Waals surface area contributed by atoms with Gasteiger partial charge in [-0.05, 0) is 25.4 Å². The fraction of sp³-hybridized carbons (Fsp3) is 0.714. The van der Waals surface area contributed by atoms with Crippen molar-refractivity contribution in [2.45, 2.75) is 32.7 Å². The smallest absolute Gasteiger partial charge is 0.139 e. The van der Waals surface area contributed by atoms with Gasteiger partial charge in [-0.15, -0.1) is 0 Å². The van der Waals surface area contributed by atoms with Gasteiger partial charge in [0.2, 0.25) is 0 Å². The van der Waals surface area contributed by atoms with E-state index in [4.69, 9.17) is 5.73 Å². The maximum absolute atomic E-state index is 5.72. The first kappa shape index (κ1) is 8.62. The minimum absolute atomic E-state index is 0.155. The molecule has 0 spiro atoms. The van der Waals surface area contributed by atoms with Crippen LogP contribution in [0.15, 0.2) is 0 Å². The summed E-state index contributed by atoms with van der Waals surface area (Å²) in [6.07, 6.45) is 0. The normalized spacial score (nSPS) is 16.4. The van der Waals surface area contributed by atoms with E-state index in [2.05, 4.69) is 16.3 Å². The number of hydrogen-bond acceptors (Lipinski definition) is 4. The van der Waals surface area contributed by atoms with Gasteiger partial charge in [-0.3, -0.25) is 0 Å². The lowest BCUT2D eigenvalue weighted by molar-refractivity contribution is 0.609. The Morgan fingerprint density at radius 3 is 2.45 bits per heavy atom. The summed E-state index contributed by atoms with van der Waals surface area (Å²) >= 11 is 1.44. The van der Waals surface area contributed by atoms with Crippen molar-refractivity contribution in [3.63, 3.8) is 0 Å². The molecule has 1 heterocycles. The standard InChI is InChI=1S/C7H13N3S/c1-4(5(2)8)7-9-6(3)10-11-7/h4-5H,8H2,1-3H3. The molecule has 0 aromatic carbocycles. The molecule has 0 aliphatic carbocycles. The number of aromatic nitrogens is 2. The molecule has 11 heavy (non-hydrogen) atoms. The molecule has 2 atom stereocenters. The Morgan fingerprint density at radius 1 is 1.45 bits per heavy atom. The van der Waals surface area contributed by atoms with Gasteiger partial charge in [-0.25, -0.2) is 4.98 Å². The number of nitrogens with zero attached hydrogens (tertiary/aromatic N) is 2. The SMILES string of the molecule is Cc1nsc(C(C)C(C)N)n1. The molecule has 0 amide bonds. The molecule has 0 fully saturated rings. The molecule has 0 aliphatic heterocycles. The number of nitrogens with two attached hydrogens (primary N) is 1. The molecule has 0 saturated heterocycles. The maximum Gasteiger partial charge on any atom is 0.139 e. The van der Waals surface area contributed by atoms with Crippen LogP contribution in [0.1, 0.15) is 30.6 Å². The summed E-state index contributed by atoms with van der Waals surface area (Å²) in [4.78, 5) is 4.26. The first-order chi connectivity index (χ1) is 5.11. The molecular formula is C7H13N3S. The Hall–Kier alpha value is -0.480. The third kappa shape index (κ3) is 1.97. The minimum Gasteiger partial charge on any atom is -0.327 e. The van der Waals surface area contributed by atoms with Crippen LogP contribution in [0.2, 0.25) is 0 Å². The minimum atomic E-state index is 0.155. The number of hydrogen-bond donors (Lipinski definition) is 1. The molecule has 4 heteroatoms. The largest absolute Gasteiger partial charge is 0.327 e. The van der Waals surface area contributed by atoms with E-state index in [-0.39, 0.29) is 6.04 Å². The zero-order valence-electron chi connectivity index (χ0n) is 7.03. The van der Waals surface area contributed by atoms with E-state index in [1.807, 2.05) is 13.8 Å². The molecule has 3 nitrogen and oxygen atoms in total. The van der Waals surface area contributed by atoms with Gasteiger partial charge in [0.1, 0.15) is 10.8 Å². The summed E-state index contributed by atoms with van der Waals surface area (Å²) in [5, 5.41) is 1.04. The summed E-state index contributed by atoms with van der Waals surface area (Å²) in [6.45, 7) is 5.96. The van der Waals surface area contributed by atoms with Crippen LogP contribution in [-0.4, -0.2) is 15.4 Å². The molecule has 2 N–H and O–H groups in total. The molecule has 0 radical (unpaired) electrons. The Bertz CT molecular complexity index is 231.